The standard InChI is InChI=1S/C23H18FN5O5S/c1-34-14-3-2-13(25-7-14)6-17(30)12-9-28(10-12)19-5-4-15-20(31)16(22(32)33)11-29(21(15)27-19)23-26-8-18(24)35-23/h2-5,7-8,11-12H,6,9-10H2,1H3,(H,32,33). The number of ketones is 1. The molecule has 0 unspecified atom stereocenters. The van der Waals surface area contributed by atoms with E-state index >= 15 is 0 Å². The van der Waals surface area contributed by atoms with Crippen molar-refractivity contribution < 1.29 is 23.8 Å². The van der Waals surface area contributed by atoms with E-state index in [-0.39, 0.29) is 34.3 Å². The second-order valence-corrected chi connectivity index (χ2v) is 8.93. The van der Waals surface area contributed by atoms with Gasteiger partial charge in [0, 0.05) is 31.4 Å². The molecule has 178 valence electrons. The highest BCUT2D eigenvalue weighted by molar-refractivity contribution is 7.12. The third-order valence-electron chi connectivity index (χ3n) is 5.79. The monoisotopic (exact) mass is 495 g/mol. The van der Waals surface area contributed by atoms with Crippen LogP contribution in [0.25, 0.3) is 16.2 Å². The molecule has 1 N–H and O–H groups in total. The molecular formula is C23H18FN5O5S. The number of carboxylic acids is 1. The minimum absolute atomic E-state index is 0.0565. The van der Waals surface area contributed by atoms with Crippen LogP contribution in [0, 0.1) is 11.0 Å². The number of Topliss-reactive ketones (excluding diaryl/α,β-unsaturated/α-hetero) is 1. The molecule has 35 heavy (non-hydrogen) atoms. The normalized spacial score (nSPS) is 13.6. The zero-order valence-electron chi connectivity index (χ0n) is 18.3. The molecule has 1 aliphatic heterocycles. The van der Waals surface area contributed by atoms with Gasteiger partial charge in [0.15, 0.2) is 15.9 Å². The van der Waals surface area contributed by atoms with Crippen molar-refractivity contribution in [1.29, 1.82) is 0 Å². The van der Waals surface area contributed by atoms with Gasteiger partial charge in [-0.1, -0.05) is 11.3 Å². The predicted molar refractivity (Wildman–Crippen MR) is 125 cm³/mol. The number of aromatic carboxylic acids is 1. The van der Waals surface area contributed by atoms with Crippen molar-refractivity contribution in [3.8, 4) is 10.9 Å². The topological polar surface area (TPSA) is 128 Å². The van der Waals surface area contributed by atoms with Crippen molar-refractivity contribution in [3.63, 3.8) is 0 Å². The lowest BCUT2D eigenvalue weighted by molar-refractivity contribution is -0.123. The predicted octanol–water partition coefficient (Wildman–Crippen LogP) is 2.33. The summed E-state index contributed by atoms with van der Waals surface area (Å²) in [4.78, 5) is 51.5. The average molecular weight is 495 g/mol. The number of fused-ring (bicyclic) bond motifs is 1. The van der Waals surface area contributed by atoms with Gasteiger partial charge in [0.1, 0.15) is 22.9 Å². The number of methoxy groups -OCH3 is 1. The second kappa shape index (κ2) is 8.87. The maximum absolute atomic E-state index is 13.6. The van der Waals surface area contributed by atoms with E-state index in [2.05, 4.69) is 15.0 Å². The quantitative estimate of drug-likeness (QED) is 0.411. The Labute approximate surface area is 201 Å². The van der Waals surface area contributed by atoms with Gasteiger partial charge in [0.2, 0.25) is 5.43 Å². The van der Waals surface area contributed by atoms with E-state index in [4.69, 9.17) is 4.74 Å². The van der Waals surface area contributed by atoms with Gasteiger partial charge in [-0.2, -0.15) is 4.39 Å². The number of ether oxygens (including phenoxy) is 1. The Hall–Kier alpha value is -4.19. The molecule has 0 saturated carbocycles. The first-order valence-electron chi connectivity index (χ1n) is 10.5. The van der Waals surface area contributed by atoms with Gasteiger partial charge in [-0.15, -0.1) is 0 Å². The molecule has 0 bridgehead atoms. The minimum Gasteiger partial charge on any atom is -0.495 e. The zero-order chi connectivity index (χ0) is 24.7. The van der Waals surface area contributed by atoms with Gasteiger partial charge in [-0.05, 0) is 24.3 Å². The molecule has 0 spiro atoms. The number of nitrogens with zero attached hydrogens (tertiary/aromatic N) is 5. The number of thiazole rings is 1. The van der Waals surface area contributed by atoms with Gasteiger partial charge in [0.05, 0.1) is 30.8 Å². The summed E-state index contributed by atoms with van der Waals surface area (Å²) in [5, 5.41) is 9.08. The van der Waals surface area contributed by atoms with E-state index in [1.165, 1.54) is 10.6 Å². The van der Waals surface area contributed by atoms with Crippen molar-refractivity contribution >= 4 is 39.9 Å². The molecule has 5 rings (SSSR count). The molecule has 4 aromatic rings. The lowest BCUT2D eigenvalue weighted by Gasteiger charge is -2.39. The fourth-order valence-corrected chi connectivity index (χ4v) is 4.48. The van der Waals surface area contributed by atoms with Crippen LogP contribution in [0.4, 0.5) is 10.2 Å². The van der Waals surface area contributed by atoms with Crippen LogP contribution in [-0.2, 0) is 11.2 Å². The van der Waals surface area contributed by atoms with Crippen LogP contribution < -0.4 is 15.1 Å². The van der Waals surface area contributed by atoms with Gasteiger partial charge >= 0.3 is 5.97 Å². The Morgan fingerprint density at radius 2 is 2.00 bits per heavy atom. The summed E-state index contributed by atoms with van der Waals surface area (Å²) in [5.41, 5.74) is -0.344. The third kappa shape index (κ3) is 4.23. The summed E-state index contributed by atoms with van der Waals surface area (Å²) in [6.45, 7) is 0.883. The number of carboxylic acid groups (broad SMARTS) is 1. The maximum atomic E-state index is 13.6. The molecule has 0 aromatic carbocycles. The smallest absolute Gasteiger partial charge is 0.341 e. The molecular weight excluding hydrogens is 477 g/mol. The number of hydrogen-bond acceptors (Lipinski definition) is 9. The van der Waals surface area contributed by atoms with Crippen LogP contribution in [-0.4, -0.2) is 56.6 Å². The molecule has 0 radical (unpaired) electrons. The van der Waals surface area contributed by atoms with E-state index in [1.54, 1.807) is 31.5 Å². The van der Waals surface area contributed by atoms with Crippen LogP contribution >= 0.6 is 11.3 Å². The Balaban J connectivity index is 1.40. The summed E-state index contributed by atoms with van der Waals surface area (Å²) in [6, 6.07) is 6.60. The van der Waals surface area contributed by atoms with Crippen LogP contribution in [0.1, 0.15) is 16.1 Å². The Bertz CT molecular complexity index is 1510. The van der Waals surface area contributed by atoms with Crippen molar-refractivity contribution in [2.24, 2.45) is 5.92 Å². The fourth-order valence-electron chi connectivity index (χ4n) is 3.85. The van der Waals surface area contributed by atoms with E-state index in [0.29, 0.717) is 41.7 Å². The number of carbonyl (C=O) groups excluding carboxylic acids is 1. The lowest BCUT2D eigenvalue weighted by Crippen LogP contribution is -2.51. The van der Waals surface area contributed by atoms with Crippen LogP contribution in [0.3, 0.4) is 0 Å². The van der Waals surface area contributed by atoms with Crippen LogP contribution in [0.15, 0.2) is 47.7 Å². The SMILES string of the molecule is COc1ccc(CC(=O)C2CN(c3ccc4c(=O)c(C(=O)O)cn(-c5ncc(F)s5)c4n3)C2)nc1. The molecule has 1 fully saturated rings. The number of halogens is 1. The molecule has 4 aromatic heterocycles. The summed E-state index contributed by atoms with van der Waals surface area (Å²) in [7, 11) is 1.55. The first-order valence-corrected chi connectivity index (χ1v) is 11.3. The molecule has 0 atom stereocenters. The first kappa shape index (κ1) is 22.6. The van der Waals surface area contributed by atoms with Gasteiger partial charge in [0.25, 0.3) is 0 Å². The van der Waals surface area contributed by atoms with Crippen LogP contribution in [0.2, 0.25) is 0 Å². The number of aromatic nitrogens is 4. The summed E-state index contributed by atoms with van der Waals surface area (Å²) in [5.74, 6) is -0.408. The molecule has 0 amide bonds. The minimum atomic E-state index is -1.40. The summed E-state index contributed by atoms with van der Waals surface area (Å²) >= 11 is 0.702. The Kier molecular flexibility index (Phi) is 5.73. The van der Waals surface area contributed by atoms with Crippen molar-refractivity contribution in [1.82, 2.24) is 19.5 Å². The highest BCUT2D eigenvalue weighted by Gasteiger charge is 2.33. The van der Waals surface area contributed by atoms with E-state index < -0.39 is 22.1 Å². The van der Waals surface area contributed by atoms with Crippen LogP contribution in [0.5, 0.6) is 5.75 Å². The molecule has 5 heterocycles. The zero-order valence-corrected chi connectivity index (χ0v) is 19.2. The van der Waals surface area contributed by atoms with Gasteiger partial charge in [-0.3, -0.25) is 19.1 Å². The Morgan fingerprint density at radius 1 is 1.20 bits per heavy atom. The molecule has 0 aliphatic carbocycles. The Morgan fingerprint density at radius 3 is 2.63 bits per heavy atom. The molecule has 1 aliphatic rings. The lowest BCUT2D eigenvalue weighted by atomic mass is 9.92. The average Bonchev–Trinajstić information content (AvgIpc) is 3.24. The first-order chi connectivity index (χ1) is 16.8. The number of rotatable bonds is 7. The second-order valence-electron chi connectivity index (χ2n) is 7.97. The third-order valence-corrected chi connectivity index (χ3v) is 6.57. The molecule has 1 saturated heterocycles. The largest absolute Gasteiger partial charge is 0.495 e. The number of carbonyl (C=O) groups is 2. The van der Waals surface area contributed by atoms with Crippen molar-refractivity contribution in [3.05, 3.63) is 69.5 Å². The highest BCUT2D eigenvalue weighted by Crippen LogP contribution is 2.27. The number of hydrogen-bond donors (Lipinski definition) is 1. The fraction of sp³-hybridized carbons (Fsp3) is 0.217. The van der Waals surface area contributed by atoms with Crippen molar-refractivity contribution in [2.75, 3.05) is 25.1 Å². The van der Waals surface area contributed by atoms with E-state index in [0.717, 1.165) is 12.4 Å². The van der Waals surface area contributed by atoms with Gasteiger partial charge in [-0.25, -0.2) is 14.8 Å². The maximum Gasteiger partial charge on any atom is 0.341 e. The number of anilines is 1. The highest BCUT2D eigenvalue weighted by atomic mass is 32.1. The summed E-state index contributed by atoms with van der Waals surface area (Å²) < 4.78 is 20.0. The molecule has 12 heteroatoms. The van der Waals surface area contributed by atoms with E-state index in [9.17, 15) is 23.9 Å². The van der Waals surface area contributed by atoms with Gasteiger partial charge < -0.3 is 14.7 Å². The van der Waals surface area contributed by atoms with Crippen molar-refractivity contribution in [2.45, 2.75) is 6.42 Å². The summed E-state index contributed by atoms with van der Waals surface area (Å²) in [6.07, 6.45) is 3.89. The number of pyridine rings is 3. The molecule has 10 nitrogen and oxygen atoms in total. The van der Waals surface area contributed by atoms with E-state index in [1.807, 2.05) is 4.90 Å².